The molecule has 2 N–H and O–H groups in total. The highest BCUT2D eigenvalue weighted by molar-refractivity contribution is 5.63. The number of rotatable bonds is 12. The van der Waals surface area contributed by atoms with E-state index in [0.29, 0.717) is 12.1 Å². The van der Waals surface area contributed by atoms with E-state index in [0.717, 1.165) is 56.0 Å². The summed E-state index contributed by atoms with van der Waals surface area (Å²) in [7, 11) is 0. The summed E-state index contributed by atoms with van der Waals surface area (Å²) in [6, 6.07) is 11.1. The summed E-state index contributed by atoms with van der Waals surface area (Å²) in [6.45, 7) is 14.3. The molecule has 38 heavy (non-hydrogen) atoms. The van der Waals surface area contributed by atoms with E-state index in [-0.39, 0.29) is 0 Å². The lowest BCUT2D eigenvalue weighted by atomic mass is 9.87. The average Bonchev–Trinajstić information content (AvgIpc) is 3.67. The van der Waals surface area contributed by atoms with Crippen LogP contribution in [0.2, 0.25) is 0 Å². The first-order chi connectivity index (χ1) is 18.4. The van der Waals surface area contributed by atoms with Gasteiger partial charge in [0.15, 0.2) is 0 Å². The molecule has 0 aliphatic heterocycles. The quantitative estimate of drug-likeness (QED) is 0.285. The number of nitrogens with zero attached hydrogens (tertiary/aromatic N) is 1. The summed E-state index contributed by atoms with van der Waals surface area (Å²) in [5.41, 5.74) is 17.8. The van der Waals surface area contributed by atoms with Crippen LogP contribution in [0.3, 0.4) is 0 Å². The molecule has 0 bridgehead atoms. The second-order valence-corrected chi connectivity index (χ2v) is 12.5. The van der Waals surface area contributed by atoms with Crippen molar-refractivity contribution in [1.29, 1.82) is 0 Å². The SMILES string of the molecule is CCc1cc(CCc2cc(CC)c(N(C(C)C3CCCC3)C(C)C3CCCC3)c(CC)c2)cc(CC)c1N. The maximum atomic E-state index is 6.44. The van der Waals surface area contributed by atoms with E-state index in [1.54, 1.807) is 16.8 Å². The molecule has 0 spiro atoms. The highest BCUT2D eigenvalue weighted by Crippen LogP contribution is 2.41. The van der Waals surface area contributed by atoms with E-state index in [2.05, 4.69) is 70.7 Å². The van der Waals surface area contributed by atoms with Crippen LogP contribution >= 0.6 is 0 Å². The minimum absolute atomic E-state index is 0.629. The van der Waals surface area contributed by atoms with Crippen molar-refractivity contribution in [3.05, 3.63) is 57.6 Å². The van der Waals surface area contributed by atoms with Gasteiger partial charge in [0.1, 0.15) is 0 Å². The van der Waals surface area contributed by atoms with Crippen molar-refractivity contribution < 1.29 is 0 Å². The molecule has 2 heteroatoms. The number of aryl methyl sites for hydroxylation is 6. The number of nitrogens with two attached hydrogens (primary N) is 1. The van der Waals surface area contributed by atoms with Gasteiger partial charge in [0, 0.05) is 23.5 Å². The van der Waals surface area contributed by atoms with Crippen molar-refractivity contribution in [3.8, 4) is 0 Å². The van der Waals surface area contributed by atoms with Crippen molar-refractivity contribution in [2.24, 2.45) is 11.8 Å². The molecule has 2 saturated carbocycles. The van der Waals surface area contributed by atoms with Crippen LogP contribution in [-0.2, 0) is 38.5 Å². The molecule has 2 aromatic rings. The van der Waals surface area contributed by atoms with Crippen LogP contribution in [-0.4, -0.2) is 12.1 Å². The van der Waals surface area contributed by atoms with Gasteiger partial charge >= 0.3 is 0 Å². The molecule has 2 atom stereocenters. The van der Waals surface area contributed by atoms with Gasteiger partial charge in [0.05, 0.1) is 0 Å². The highest BCUT2D eigenvalue weighted by atomic mass is 15.2. The average molecular weight is 517 g/mol. The molecule has 2 aliphatic carbocycles. The van der Waals surface area contributed by atoms with Gasteiger partial charge in [-0.05, 0) is 123 Å². The van der Waals surface area contributed by atoms with Crippen molar-refractivity contribution in [2.75, 3.05) is 10.6 Å². The molecule has 2 fully saturated rings. The van der Waals surface area contributed by atoms with Crippen molar-refractivity contribution in [1.82, 2.24) is 0 Å². The zero-order chi connectivity index (χ0) is 27.2. The van der Waals surface area contributed by atoms with Crippen LogP contribution in [0.4, 0.5) is 11.4 Å². The molecule has 0 heterocycles. The van der Waals surface area contributed by atoms with Gasteiger partial charge in [-0.25, -0.2) is 0 Å². The third-order valence-corrected chi connectivity index (χ3v) is 10.3. The number of benzene rings is 2. The topological polar surface area (TPSA) is 29.3 Å². The number of hydrogen-bond acceptors (Lipinski definition) is 2. The summed E-state index contributed by atoms with van der Waals surface area (Å²) in [6.07, 6.45) is 17.8. The maximum Gasteiger partial charge on any atom is 0.0436 e. The van der Waals surface area contributed by atoms with Crippen LogP contribution in [0.5, 0.6) is 0 Å². The summed E-state index contributed by atoms with van der Waals surface area (Å²) in [5.74, 6) is 1.69. The molecule has 0 amide bonds. The summed E-state index contributed by atoms with van der Waals surface area (Å²) in [5, 5.41) is 0. The molecular weight excluding hydrogens is 460 g/mol. The molecule has 0 radical (unpaired) electrons. The van der Waals surface area contributed by atoms with Gasteiger partial charge < -0.3 is 10.6 Å². The molecule has 210 valence electrons. The van der Waals surface area contributed by atoms with E-state index in [1.165, 1.54) is 73.6 Å². The first-order valence-corrected chi connectivity index (χ1v) is 16.2. The fourth-order valence-electron chi connectivity index (χ4n) is 7.83. The Morgan fingerprint density at radius 3 is 1.32 bits per heavy atom. The summed E-state index contributed by atoms with van der Waals surface area (Å²) < 4.78 is 0. The van der Waals surface area contributed by atoms with Gasteiger partial charge in [0.25, 0.3) is 0 Å². The number of nitrogen functional groups attached to an aromatic ring is 1. The van der Waals surface area contributed by atoms with Crippen LogP contribution in [0.15, 0.2) is 24.3 Å². The third kappa shape index (κ3) is 6.26. The van der Waals surface area contributed by atoms with Crippen molar-refractivity contribution in [2.45, 2.75) is 144 Å². The molecular formula is C36H56N2. The predicted octanol–water partition coefficient (Wildman–Crippen LogP) is 9.27. The lowest BCUT2D eigenvalue weighted by Gasteiger charge is -2.44. The Kier molecular flexibility index (Phi) is 10.2. The number of hydrogen-bond donors (Lipinski definition) is 1. The predicted molar refractivity (Wildman–Crippen MR) is 168 cm³/mol. The Morgan fingerprint density at radius 1 is 0.632 bits per heavy atom. The summed E-state index contributed by atoms with van der Waals surface area (Å²) >= 11 is 0. The zero-order valence-corrected chi connectivity index (χ0v) is 25.5. The van der Waals surface area contributed by atoms with Gasteiger partial charge in [-0.2, -0.15) is 0 Å². The lowest BCUT2D eigenvalue weighted by molar-refractivity contribution is 0.345. The van der Waals surface area contributed by atoms with Crippen molar-refractivity contribution in [3.63, 3.8) is 0 Å². The largest absolute Gasteiger partial charge is 0.398 e. The normalized spacial score (nSPS) is 18.3. The first-order valence-electron chi connectivity index (χ1n) is 16.2. The van der Waals surface area contributed by atoms with Gasteiger partial charge in [-0.3, -0.25) is 0 Å². The van der Waals surface area contributed by atoms with E-state index in [4.69, 9.17) is 5.73 Å². The smallest absolute Gasteiger partial charge is 0.0436 e. The Morgan fingerprint density at radius 2 is 0.974 bits per heavy atom. The summed E-state index contributed by atoms with van der Waals surface area (Å²) in [4.78, 5) is 2.95. The lowest BCUT2D eigenvalue weighted by Crippen LogP contribution is -2.47. The van der Waals surface area contributed by atoms with Gasteiger partial charge in [-0.15, -0.1) is 0 Å². The first kappa shape index (κ1) is 29.0. The molecule has 2 aromatic carbocycles. The molecule has 4 rings (SSSR count). The van der Waals surface area contributed by atoms with Gasteiger partial charge in [0.2, 0.25) is 0 Å². The van der Waals surface area contributed by atoms with E-state index >= 15 is 0 Å². The zero-order valence-electron chi connectivity index (χ0n) is 25.5. The Labute approximate surface area is 234 Å². The van der Waals surface area contributed by atoms with Gasteiger partial charge in [-0.1, -0.05) is 77.6 Å². The Balaban J connectivity index is 1.66. The number of anilines is 2. The fraction of sp³-hybridized carbons (Fsp3) is 0.667. The van der Waals surface area contributed by atoms with Crippen LogP contribution in [0, 0.1) is 11.8 Å². The third-order valence-electron chi connectivity index (χ3n) is 10.3. The monoisotopic (exact) mass is 516 g/mol. The van der Waals surface area contributed by atoms with Crippen LogP contribution in [0.1, 0.15) is 126 Å². The van der Waals surface area contributed by atoms with Crippen LogP contribution in [0.25, 0.3) is 0 Å². The fourth-order valence-corrected chi connectivity index (χ4v) is 7.83. The second-order valence-electron chi connectivity index (χ2n) is 12.5. The van der Waals surface area contributed by atoms with E-state index in [1.807, 2.05) is 0 Å². The standard InChI is InChI=1S/C36H56N2/c1-7-29-21-27(22-30(8-2)35(29)37)19-20-28-23-31(9-3)36(32(10-4)24-28)38(25(5)33-15-11-12-16-33)26(6)34-17-13-14-18-34/h21-26,33-34H,7-20,37H2,1-6H3. The Hall–Kier alpha value is -1.96. The minimum Gasteiger partial charge on any atom is -0.398 e. The molecule has 2 nitrogen and oxygen atoms in total. The van der Waals surface area contributed by atoms with Crippen LogP contribution < -0.4 is 10.6 Å². The van der Waals surface area contributed by atoms with Crippen molar-refractivity contribution >= 4 is 11.4 Å². The molecule has 0 saturated heterocycles. The molecule has 0 aromatic heterocycles. The highest BCUT2D eigenvalue weighted by Gasteiger charge is 2.35. The molecule has 2 aliphatic rings. The minimum atomic E-state index is 0.629. The van der Waals surface area contributed by atoms with E-state index < -0.39 is 0 Å². The van der Waals surface area contributed by atoms with E-state index in [9.17, 15) is 0 Å². The Bertz CT molecular complexity index is 969. The molecule has 2 unspecified atom stereocenters. The maximum absolute atomic E-state index is 6.44. The second kappa shape index (κ2) is 13.4.